The Labute approximate surface area is 83.3 Å². The summed E-state index contributed by atoms with van der Waals surface area (Å²) in [6.07, 6.45) is 9.48. The van der Waals surface area contributed by atoms with Gasteiger partial charge < -0.3 is 0 Å². The summed E-state index contributed by atoms with van der Waals surface area (Å²) in [6, 6.07) is 10.0. The molecule has 2 heteroatoms. The van der Waals surface area contributed by atoms with Crippen LogP contribution in [0.5, 0.6) is 0 Å². The molecule has 1 aromatic carbocycles. The Bertz CT molecular complexity index is 359. The van der Waals surface area contributed by atoms with Crippen molar-refractivity contribution in [3.63, 3.8) is 0 Å². The van der Waals surface area contributed by atoms with E-state index in [9.17, 15) is 4.79 Å². The third kappa shape index (κ3) is 4.19. The van der Waals surface area contributed by atoms with Crippen molar-refractivity contribution in [2.45, 2.75) is 6.42 Å². The molecule has 0 spiro atoms. The Morgan fingerprint density at radius 1 is 1.21 bits per heavy atom. The van der Waals surface area contributed by atoms with Crippen LogP contribution in [-0.2, 0) is 4.79 Å². The zero-order chi connectivity index (χ0) is 10.1. The number of rotatable bonds is 4. The van der Waals surface area contributed by atoms with E-state index in [-0.39, 0.29) is 0 Å². The highest BCUT2D eigenvalue weighted by Crippen LogP contribution is 2.01. The molecule has 0 saturated carbocycles. The van der Waals surface area contributed by atoms with Gasteiger partial charge in [-0.25, -0.2) is 4.79 Å². The second-order valence-corrected chi connectivity index (χ2v) is 2.65. The van der Waals surface area contributed by atoms with Crippen molar-refractivity contribution in [2.24, 2.45) is 4.99 Å². The number of hydrogen-bond donors (Lipinski definition) is 0. The first-order valence-corrected chi connectivity index (χ1v) is 4.37. The van der Waals surface area contributed by atoms with Crippen LogP contribution in [0, 0.1) is 0 Å². The summed E-state index contributed by atoms with van der Waals surface area (Å²) < 4.78 is 0. The van der Waals surface area contributed by atoms with Crippen molar-refractivity contribution >= 4 is 12.2 Å². The van der Waals surface area contributed by atoms with E-state index in [0.29, 0.717) is 0 Å². The molecule has 14 heavy (non-hydrogen) atoms. The SMILES string of the molecule is O=C=NC=CCC=Cc1ccccc1. The molecule has 0 heterocycles. The van der Waals surface area contributed by atoms with Gasteiger partial charge >= 0.3 is 0 Å². The third-order valence-electron chi connectivity index (χ3n) is 1.61. The number of carbonyl (C=O) groups excluding carboxylic acids is 1. The summed E-state index contributed by atoms with van der Waals surface area (Å²) in [5.41, 5.74) is 1.17. The van der Waals surface area contributed by atoms with Gasteiger partial charge in [0.2, 0.25) is 6.08 Å². The number of isocyanates is 1. The highest BCUT2D eigenvalue weighted by Gasteiger charge is 1.80. The summed E-state index contributed by atoms with van der Waals surface area (Å²) in [4.78, 5) is 13.0. The van der Waals surface area contributed by atoms with Crippen molar-refractivity contribution in [3.05, 3.63) is 54.2 Å². The van der Waals surface area contributed by atoms with Crippen molar-refractivity contribution in [3.8, 4) is 0 Å². The Kier molecular flexibility index (Phi) is 4.78. The van der Waals surface area contributed by atoms with Gasteiger partial charge in [-0.2, -0.15) is 4.99 Å². The summed E-state index contributed by atoms with van der Waals surface area (Å²) >= 11 is 0. The minimum Gasteiger partial charge on any atom is -0.211 e. The van der Waals surface area contributed by atoms with Crippen LogP contribution in [0.25, 0.3) is 6.08 Å². The minimum absolute atomic E-state index is 0.764. The van der Waals surface area contributed by atoms with E-state index in [2.05, 4.69) is 4.99 Å². The van der Waals surface area contributed by atoms with Gasteiger partial charge in [-0.1, -0.05) is 48.6 Å². The first kappa shape index (κ1) is 10.2. The van der Waals surface area contributed by atoms with Gasteiger partial charge in [-0.05, 0) is 12.0 Å². The molecule has 0 aromatic heterocycles. The molecule has 0 unspecified atom stereocenters. The average molecular weight is 185 g/mol. The summed E-state index contributed by atoms with van der Waals surface area (Å²) in [5.74, 6) is 0. The van der Waals surface area contributed by atoms with Gasteiger partial charge in [-0.15, -0.1) is 0 Å². The number of allylic oxidation sites excluding steroid dienone is 2. The topological polar surface area (TPSA) is 29.4 Å². The lowest BCUT2D eigenvalue weighted by Crippen LogP contribution is -1.67. The van der Waals surface area contributed by atoms with E-state index in [0.717, 1.165) is 6.42 Å². The van der Waals surface area contributed by atoms with E-state index in [1.165, 1.54) is 17.8 Å². The second kappa shape index (κ2) is 6.58. The van der Waals surface area contributed by atoms with Crippen LogP contribution in [0.4, 0.5) is 0 Å². The minimum atomic E-state index is 0.764. The van der Waals surface area contributed by atoms with Crippen LogP contribution < -0.4 is 0 Å². The number of benzene rings is 1. The largest absolute Gasteiger partial charge is 0.239 e. The average Bonchev–Trinajstić information content (AvgIpc) is 2.25. The molecule has 0 N–H and O–H groups in total. The molecular weight excluding hydrogens is 174 g/mol. The summed E-state index contributed by atoms with van der Waals surface area (Å²) in [5, 5.41) is 0. The van der Waals surface area contributed by atoms with Gasteiger partial charge in [-0.3, -0.25) is 0 Å². The lowest BCUT2D eigenvalue weighted by molar-refractivity contribution is 0.565. The second-order valence-electron chi connectivity index (χ2n) is 2.65. The van der Waals surface area contributed by atoms with E-state index >= 15 is 0 Å². The molecular formula is C12H11NO. The maximum atomic E-state index is 9.70. The van der Waals surface area contributed by atoms with E-state index in [4.69, 9.17) is 0 Å². The zero-order valence-corrected chi connectivity index (χ0v) is 7.76. The molecule has 0 fully saturated rings. The smallest absolute Gasteiger partial charge is 0.211 e. The van der Waals surface area contributed by atoms with Crippen LogP contribution in [0.1, 0.15) is 12.0 Å². The molecule has 0 aliphatic heterocycles. The number of aliphatic imine (C=N–C) groups is 1. The monoisotopic (exact) mass is 185 g/mol. The lowest BCUT2D eigenvalue weighted by Gasteiger charge is -1.89. The molecule has 0 atom stereocenters. The van der Waals surface area contributed by atoms with Gasteiger partial charge in [0.15, 0.2) is 0 Å². The number of hydrogen-bond acceptors (Lipinski definition) is 2. The normalized spacial score (nSPS) is 10.6. The number of nitrogens with zero attached hydrogens (tertiary/aromatic N) is 1. The van der Waals surface area contributed by atoms with E-state index in [1.54, 1.807) is 6.08 Å². The van der Waals surface area contributed by atoms with Crippen LogP contribution in [0.2, 0.25) is 0 Å². The predicted molar refractivity (Wildman–Crippen MR) is 57.4 cm³/mol. The predicted octanol–water partition coefficient (Wildman–Crippen LogP) is 2.94. The Morgan fingerprint density at radius 2 is 2.00 bits per heavy atom. The standard InChI is InChI=1S/C12H11NO/c14-11-13-10-6-2-5-9-12-7-3-1-4-8-12/h1,3-10H,2H2. The van der Waals surface area contributed by atoms with Gasteiger partial charge in [0.05, 0.1) is 0 Å². The molecule has 70 valence electrons. The molecule has 0 bridgehead atoms. The molecule has 0 amide bonds. The summed E-state index contributed by atoms with van der Waals surface area (Å²) in [7, 11) is 0. The molecule has 1 rings (SSSR count). The fraction of sp³-hybridized carbons (Fsp3) is 0.0833. The van der Waals surface area contributed by atoms with Crippen LogP contribution in [-0.4, -0.2) is 6.08 Å². The highest BCUT2D eigenvalue weighted by atomic mass is 16.1. The van der Waals surface area contributed by atoms with Crippen molar-refractivity contribution in [1.82, 2.24) is 0 Å². The van der Waals surface area contributed by atoms with Crippen LogP contribution in [0.3, 0.4) is 0 Å². The van der Waals surface area contributed by atoms with Crippen LogP contribution in [0.15, 0.2) is 53.7 Å². The lowest BCUT2D eigenvalue weighted by atomic mass is 10.2. The maximum absolute atomic E-state index is 9.70. The van der Waals surface area contributed by atoms with Crippen molar-refractivity contribution in [1.29, 1.82) is 0 Å². The van der Waals surface area contributed by atoms with Crippen molar-refractivity contribution < 1.29 is 4.79 Å². The molecule has 0 aliphatic carbocycles. The molecule has 0 radical (unpaired) electrons. The Hall–Kier alpha value is -1.92. The van der Waals surface area contributed by atoms with Gasteiger partial charge in [0.25, 0.3) is 0 Å². The quantitative estimate of drug-likeness (QED) is 0.523. The highest BCUT2D eigenvalue weighted by molar-refractivity contribution is 5.48. The first-order valence-electron chi connectivity index (χ1n) is 4.37. The molecule has 0 aliphatic rings. The summed E-state index contributed by atoms with van der Waals surface area (Å²) in [6.45, 7) is 0. The Morgan fingerprint density at radius 3 is 2.71 bits per heavy atom. The third-order valence-corrected chi connectivity index (χ3v) is 1.61. The fourth-order valence-corrected chi connectivity index (χ4v) is 0.991. The zero-order valence-electron chi connectivity index (χ0n) is 7.76. The molecule has 0 saturated heterocycles. The Balaban J connectivity index is 2.38. The first-order chi connectivity index (χ1) is 6.93. The maximum Gasteiger partial charge on any atom is 0.239 e. The molecule has 2 nitrogen and oxygen atoms in total. The fourth-order valence-electron chi connectivity index (χ4n) is 0.991. The van der Waals surface area contributed by atoms with Crippen molar-refractivity contribution in [2.75, 3.05) is 0 Å². The van der Waals surface area contributed by atoms with E-state index < -0.39 is 0 Å². The molecule has 1 aromatic rings. The van der Waals surface area contributed by atoms with Crippen LogP contribution >= 0.6 is 0 Å². The van der Waals surface area contributed by atoms with E-state index in [1.807, 2.05) is 42.5 Å². The van der Waals surface area contributed by atoms with Gasteiger partial charge in [0, 0.05) is 6.20 Å². The van der Waals surface area contributed by atoms with Gasteiger partial charge in [0.1, 0.15) is 0 Å².